The van der Waals surface area contributed by atoms with Crippen LogP contribution in [-0.2, 0) is 0 Å². The smallest absolute Gasteiger partial charge is 0.224 e. The Balaban J connectivity index is 2.63. The molecule has 0 heterocycles. The van der Waals surface area contributed by atoms with Crippen LogP contribution in [0.3, 0.4) is 0 Å². The Morgan fingerprint density at radius 3 is 2.26 bits per heavy atom. The summed E-state index contributed by atoms with van der Waals surface area (Å²) in [5.41, 5.74) is 1.79. The van der Waals surface area contributed by atoms with E-state index in [1.165, 1.54) is 12.8 Å². The molecule has 19 heavy (non-hydrogen) atoms. The Labute approximate surface area is 121 Å². The summed E-state index contributed by atoms with van der Waals surface area (Å²) in [6.45, 7) is 8.34. The highest BCUT2D eigenvalue weighted by atomic mass is 32.1. The zero-order valence-corrected chi connectivity index (χ0v) is 13.6. The van der Waals surface area contributed by atoms with Gasteiger partial charge < -0.3 is 9.80 Å². The van der Waals surface area contributed by atoms with E-state index in [4.69, 9.17) is 12.2 Å². The molecule has 1 rings (SSSR count). The standard InChI is InChI=1S/C15H26N2OS/c1-6-16(4)12-13(15(19)14(12)18)17(5)10-8-7-9-11(2)3/h11H,6-10H2,1-5H3. The SMILES string of the molecule is CCN(C)c1c(N(C)CCCCC(C)C)c(=S)c1=O. The van der Waals surface area contributed by atoms with Gasteiger partial charge >= 0.3 is 0 Å². The maximum Gasteiger partial charge on any atom is 0.224 e. The fourth-order valence-electron chi connectivity index (χ4n) is 2.25. The summed E-state index contributed by atoms with van der Waals surface area (Å²) in [7, 11) is 3.98. The quantitative estimate of drug-likeness (QED) is 0.539. The minimum absolute atomic E-state index is 0.0309. The molecule has 0 spiro atoms. The van der Waals surface area contributed by atoms with Crippen molar-refractivity contribution in [3.05, 3.63) is 14.7 Å². The van der Waals surface area contributed by atoms with Gasteiger partial charge in [0, 0.05) is 27.2 Å². The largest absolute Gasteiger partial charge is 0.372 e. The maximum absolute atomic E-state index is 11.8. The van der Waals surface area contributed by atoms with E-state index in [1.807, 2.05) is 25.9 Å². The number of hydrogen-bond donors (Lipinski definition) is 0. The highest BCUT2D eigenvalue weighted by Crippen LogP contribution is 2.29. The van der Waals surface area contributed by atoms with Gasteiger partial charge in [-0.3, -0.25) is 4.79 Å². The highest BCUT2D eigenvalue weighted by molar-refractivity contribution is 7.71. The number of nitrogens with zero attached hydrogens (tertiary/aromatic N) is 2. The summed E-state index contributed by atoms with van der Waals surface area (Å²) in [6, 6.07) is 0. The van der Waals surface area contributed by atoms with Crippen LogP contribution in [0.4, 0.5) is 11.4 Å². The Morgan fingerprint density at radius 2 is 1.74 bits per heavy atom. The Morgan fingerprint density at radius 1 is 1.11 bits per heavy atom. The van der Waals surface area contributed by atoms with E-state index >= 15 is 0 Å². The molecule has 0 aliphatic carbocycles. The van der Waals surface area contributed by atoms with Crippen LogP contribution < -0.4 is 15.2 Å². The normalized spacial score (nSPS) is 11.3. The summed E-state index contributed by atoms with van der Waals surface area (Å²) in [5.74, 6) is 0.762. The van der Waals surface area contributed by atoms with Crippen molar-refractivity contribution in [2.24, 2.45) is 5.92 Å². The molecule has 0 radical (unpaired) electrons. The fourth-order valence-corrected chi connectivity index (χ4v) is 2.60. The lowest BCUT2D eigenvalue weighted by Gasteiger charge is -2.29. The number of rotatable bonds is 8. The third kappa shape index (κ3) is 3.78. The molecule has 0 aliphatic heterocycles. The molecule has 0 aliphatic rings. The second-order valence-electron chi connectivity index (χ2n) is 5.68. The van der Waals surface area contributed by atoms with Crippen molar-refractivity contribution in [2.75, 3.05) is 37.0 Å². The molecule has 0 amide bonds. The van der Waals surface area contributed by atoms with Gasteiger partial charge in [0.1, 0.15) is 10.2 Å². The van der Waals surface area contributed by atoms with Gasteiger partial charge in [0.05, 0.1) is 5.69 Å². The molecular formula is C15H26N2OS. The first-order valence-corrected chi connectivity index (χ1v) is 7.56. The van der Waals surface area contributed by atoms with E-state index in [1.54, 1.807) is 0 Å². The van der Waals surface area contributed by atoms with Crippen molar-refractivity contribution in [1.82, 2.24) is 0 Å². The minimum atomic E-state index is 0.0309. The number of hydrogen-bond acceptors (Lipinski definition) is 4. The van der Waals surface area contributed by atoms with E-state index in [2.05, 4.69) is 18.7 Å². The highest BCUT2D eigenvalue weighted by Gasteiger charge is 2.23. The molecule has 0 N–H and O–H groups in total. The van der Waals surface area contributed by atoms with Crippen LogP contribution >= 0.6 is 12.2 Å². The molecule has 4 heteroatoms. The fraction of sp³-hybridized carbons (Fsp3) is 0.733. The van der Waals surface area contributed by atoms with Crippen molar-refractivity contribution in [1.29, 1.82) is 0 Å². The number of anilines is 2. The Kier molecular flexibility index (Phi) is 5.98. The lowest BCUT2D eigenvalue weighted by Crippen LogP contribution is -2.33. The van der Waals surface area contributed by atoms with Crippen molar-refractivity contribution >= 4 is 23.6 Å². The topological polar surface area (TPSA) is 23.6 Å². The lowest BCUT2D eigenvalue weighted by atomic mass is 10.1. The molecule has 1 aromatic rings. The summed E-state index contributed by atoms with van der Waals surface area (Å²) >= 11 is 5.19. The van der Waals surface area contributed by atoms with Gasteiger partial charge in [0.15, 0.2) is 0 Å². The summed E-state index contributed by atoms with van der Waals surface area (Å²) in [4.78, 5) is 16.0. The first-order valence-electron chi connectivity index (χ1n) is 7.15. The van der Waals surface area contributed by atoms with Crippen molar-refractivity contribution in [3.63, 3.8) is 0 Å². The van der Waals surface area contributed by atoms with Crippen molar-refractivity contribution < 1.29 is 0 Å². The molecule has 0 atom stereocenters. The Bertz CT molecular complexity index is 475. The van der Waals surface area contributed by atoms with Crippen LogP contribution in [0, 0.1) is 10.4 Å². The molecule has 3 nitrogen and oxygen atoms in total. The molecule has 0 unspecified atom stereocenters. The number of unbranched alkanes of at least 4 members (excludes halogenated alkanes) is 1. The van der Waals surface area contributed by atoms with E-state index in [0.29, 0.717) is 4.51 Å². The summed E-state index contributed by atoms with van der Waals surface area (Å²) in [5, 5.41) is 0. The molecule has 0 saturated carbocycles. The van der Waals surface area contributed by atoms with Crippen molar-refractivity contribution in [2.45, 2.75) is 40.0 Å². The van der Waals surface area contributed by atoms with Gasteiger partial charge in [-0.15, -0.1) is 0 Å². The second kappa shape index (κ2) is 7.04. The molecular weight excluding hydrogens is 256 g/mol. The predicted octanol–water partition coefficient (Wildman–Crippen LogP) is 3.37. The van der Waals surface area contributed by atoms with E-state index in [0.717, 1.165) is 36.8 Å². The van der Waals surface area contributed by atoms with Crippen LogP contribution in [0.5, 0.6) is 0 Å². The van der Waals surface area contributed by atoms with Crippen LogP contribution in [0.2, 0.25) is 0 Å². The van der Waals surface area contributed by atoms with E-state index < -0.39 is 0 Å². The molecule has 0 bridgehead atoms. The zero-order valence-electron chi connectivity index (χ0n) is 12.8. The molecule has 0 saturated heterocycles. The third-order valence-corrected chi connectivity index (χ3v) is 4.00. The average Bonchev–Trinajstić information content (AvgIpc) is 2.38. The first-order chi connectivity index (χ1) is 8.90. The van der Waals surface area contributed by atoms with Gasteiger partial charge in [0.2, 0.25) is 5.43 Å². The average molecular weight is 282 g/mol. The van der Waals surface area contributed by atoms with Crippen LogP contribution in [0.15, 0.2) is 4.79 Å². The van der Waals surface area contributed by atoms with Crippen LogP contribution in [0.25, 0.3) is 0 Å². The minimum Gasteiger partial charge on any atom is -0.372 e. The van der Waals surface area contributed by atoms with Crippen LogP contribution in [-0.4, -0.2) is 27.2 Å². The molecule has 108 valence electrons. The van der Waals surface area contributed by atoms with Crippen LogP contribution in [0.1, 0.15) is 40.0 Å². The summed E-state index contributed by atoms with van der Waals surface area (Å²) < 4.78 is 0.502. The van der Waals surface area contributed by atoms with Gasteiger partial charge in [-0.25, -0.2) is 0 Å². The lowest BCUT2D eigenvalue weighted by molar-refractivity contribution is 0.538. The third-order valence-electron chi connectivity index (χ3n) is 3.62. The van der Waals surface area contributed by atoms with E-state index in [9.17, 15) is 4.79 Å². The van der Waals surface area contributed by atoms with Gasteiger partial charge in [-0.05, 0) is 19.3 Å². The van der Waals surface area contributed by atoms with Crippen molar-refractivity contribution in [3.8, 4) is 0 Å². The predicted molar refractivity (Wildman–Crippen MR) is 86.8 cm³/mol. The zero-order chi connectivity index (χ0) is 14.6. The second-order valence-corrected chi connectivity index (χ2v) is 6.09. The Hall–Kier alpha value is -0.900. The van der Waals surface area contributed by atoms with Gasteiger partial charge in [-0.1, -0.05) is 38.9 Å². The maximum atomic E-state index is 11.8. The van der Waals surface area contributed by atoms with Gasteiger partial charge in [-0.2, -0.15) is 0 Å². The molecule has 1 aromatic carbocycles. The first kappa shape index (κ1) is 16.2. The molecule has 0 fully saturated rings. The van der Waals surface area contributed by atoms with E-state index in [-0.39, 0.29) is 5.43 Å². The molecule has 0 aromatic heterocycles. The van der Waals surface area contributed by atoms with Gasteiger partial charge in [0.25, 0.3) is 0 Å². The summed E-state index contributed by atoms with van der Waals surface area (Å²) in [6.07, 6.45) is 3.64. The monoisotopic (exact) mass is 282 g/mol.